The summed E-state index contributed by atoms with van der Waals surface area (Å²) in [6, 6.07) is 6.40. The van der Waals surface area contributed by atoms with Crippen molar-refractivity contribution < 1.29 is 9.90 Å². The lowest BCUT2D eigenvalue weighted by Gasteiger charge is -2.15. The van der Waals surface area contributed by atoms with E-state index in [2.05, 4.69) is 32.0 Å². The van der Waals surface area contributed by atoms with E-state index < -0.39 is 0 Å². The van der Waals surface area contributed by atoms with E-state index in [0.717, 1.165) is 12.2 Å². The maximum absolute atomic E-state index is 11.9. The lowest BCUT2D eigenvalue weighted by molar-refractivity contribution is -0.130. The van der Waals surface area contributed by atoms with Gasteiger partial charge < -0.3 is 10.0 Å². The number of aliphatic hydroxyl groups is 1. The maximum atomic E-state index is 11.9. The molecule has 104 valence electrons. The monoisotopic (exact) mass is 279 g/mol. The number of aliphatic hydroxyl groups excluding tert-OH is 1. The number of likely N-dealkylation sites (tertiary alicyclic amines) is 1. The highest BCUT2D eigenvalue weighted by Gasteiger charge is 2.23. The number of aryl methyl sites for hydroxylation is 2. The molecule has 1 amide bonds. The van der Waals surface area contributed by atoms with Crippen LogP contribution in [0.3, 0.4) is 0 Å². The number of β-amino-alcohol motifs (C(OH)–C–C–N with tert-alkyl or cyclic N) is 1. The molecular formula is C15H21NO2S. The summed E-state index contributed by atoms with van der Waals surface area (Å²) in [5, 5.41) is 9.41. The van der Waals surface area contributed by atoms with E-state index in [1.807, 2.05) is 0 Å². The first-order valence-corrected chi connectivity index (χ1v) is 7.70. The Balaban J connectivity index is 1.77. The molecule has 0 aromatic heterocycles. The minimum absolute atomic E-state index is 0.160. The summed E-state index contributed by atoms with van der Waals surface area (Å²) >= 11 is 1.72. The molecule has 1 aromatic carbocycles. The normalized spacial score (nSPS) is 18.9. The second-order valence-electron chi connectivity index (χ2n) is 5.13. The number of benzene rings is 1. The van der Waals surface area contributed by atoms with Crippen molar-refractivity contribution in [2.24, 2.45) is 0 Å². The van der Waals surface area contributed by atoms with Gasteiger partial charge in [0.1, 0.15) is 0 Å². The molecule has 0 saturated carbocycles. The molecule has 0 bridgehead atoms. The molecule has 1 aromatic rings. The Labute approximate surface area is 119 Å². The minimum atomic E-state index is -0.323. The molecule has 2 rings (SSSR count). The molecule has 1 fully saturated rings. The third kappa shape index (κ3) is 3.98. The number of carbonyl (C=O) groups excluding carboxylic acids is 1. The van der Waals surface area contributed by atoms with Gasteiger partial charge in [0.25, 0.3) is 0 Å². The van der Waals surface area contributed by atoms with Gasteiger partial charge in [-0.3, -0.25) is 4.79 Å². The molecule has 1 aliphatic heterocycles. The van der Waals surface area contributed by atoms with Gasteiger partial charge in [0.05, 0.1) is 6.10 Å². The quantitative estimate of drug-likeness (QED) is 0.860. The highest BCUT2D eigenvalue weighted by atomic mass is 32.2. The van der Waals surface area contributed by atoms with E-state index in [0.29, 0.717) is 19.5 Å². The van der Waals surface area contributed by atoms with Crippen LogP contribution in [0.25, 0.3) is 0 Å². The predicted octanol–water partition coefficient (Wildman–Crippen LogP) is 2.38. The Morgan fingerprint density at radius 3 is 2.84 bits per heavy atom. The first-order valence-electron chi connectivity index (χ1n) is 6.72. The van der Waals surface area contributed by atoms with Crippen LogP contribution in [0.1, 0.15) is 24.0 Å². The second kappa shape index (κ2) is 6.44. The number of nitrogens with zero attached hydrogens (tertiary/aromatic N) is 1. The Hall–Kier alpha value is -1.00. The Morgan fingerprint density at radius 1 is 1.42 bits per heavy atom. The Morgan fingerprint density at radius 2 is 2.21 bits per heavy atom. The van der Waals surface area contributed by atoms with Gasteiger partial charge in [-0.2, -0.15) is 0 Å². The average molecular weight is 279 g/mol. The summed E-state index contributed by atoms with van der Waals surface area (Å²) in [6.45, 7) is 5.42. The summed E-state index contributed by atoms with van der Waals surface area (Å²) in [4.78, 5) is 14.9. The molecule has 0 spiro atoms. The fraction of sp³-hybridized carbons (Fsp3) is 0.533. The fourth-order valence-corrected chi connectivity index (χ4v) is 3.12. The van der Waals surface area contributed by atoms with Gasteiger partial charge in [-0.15, -0.1) is 11.8 Å². The van der Waals surface area contributed by atoms with Crippen LogP contribution in [0.2, 0.25) is 0 Å². The van der Waals surface area contributed by atoms with E-state index in [1.54, 1.807) is 16.7 Å². The van der Waals surface area contributed by atoms with Crippen molar-refractivity contribution in [3.63, 3.8) is 0 Å². The first-order chi connectivity index (χ1) is 9.06. The molecule has 0 aliphatic carbocycles. The summed E-state index contributed by atoms with van der Waals surface area (Å²) < 4.78 is 0. The van der Waals surface area contributed by atoms with E-state index in [9.17, 15) is 9.90 Å². The number of hydrogen-bond acceptors (Lipinski definition) is 3. The molecule has 0 unspecified atom stereocenters. The Bertz CT molecular complexity index is 461. The summed E-state index contributed by atoms with van der Waals surface area (Å²) in [7, 11) is 0. The van der Waals surface area contributed by atoms with Crippen molar-refractivity contribution >= 4 is 17.7 Å². The van der Waals surface area contributed by atoms with Crippen LogP contribution in [-0.4, -0.2) is 40.9 Å². The summed E-state index contributed by atoms with van der Waals surface area (Å²) in [5.74, 6) is 0.960. The van der Waals surface area contributed by atoms with Gasteiger partial charge in [0, 0.05) is 30.2 Å². The average Bonchev–Trinajstić information content (AvgIpc) is 2.80. The van der Waals surface area contributed by atoms with Crippen molar-refractivity contribution in [1.29, 1.82) is 0 Å². The van der Waals surface area contributed by atoms with Gasteiger partial charge in [-0.05, 0) is 43.5 Å². The smallest absolute Gasteiger partial charge is 0.223 e. The summed E-state index contributed by atoms with van der Waals surface area (Å²) in [5.41, 5.74) is 2.59. The molecule has 4 heteroatoms. The van der Waals surface area contributed by atoms with Crippen molar-refractivity contribution in [2.45, 2.75) is 37.7 Å². The van der Waals surface area contributed by atoms with E-state index in [-0.39, 0.29) is 12.0 Å². The molecule has 3 nitrogen and oxygen atoms in total. The van der Waals surface area contributed by atoms with E-state index >= 15 is 0 Å². The zero-order chi connectivity index (χ0) is 13.8. The third-order valence-corrected chi connectivity index (χ3v) is 4.57. The maximum Gasteiger partial charge on any atom is 0.223 e. The van der Waals surface area contributed by atoms with Crippen LogP contribution in [0, 0.1) is 13.8 Å². The zero-order valence-corrected chi connectivity index (χ0v) is 12.4. The number of hydrogen-bond donors (Lipinski definition) is 1. The molecule has 19 heavy (non-hydrogen) atoms. The number of amides is 1. The topological polar surface area (TPSA) is 40.5 Å². The standard InChI is InChI=1S/C15H21NO2S/c1-11-3-4-14(9-12(11)2)19-8-6-15(18)16-7-5-13(17)10-16/h3-4,9,13,17H,5-8,10H2,1-2H3/t13-/m1/s1. The van der Waals surface area contributed by atoms with Crippen molar-refractivity contribution in [2.75, 3.05) is 18.8 Å². The molecule has 1 saturated heterocycles. The first kappa shape index (κ1) is 14.4. The molecular weight excluding hydrogens is 258 g/mol. The lowest BCUT2D eigenvalue weighted by atomic mass is 10.1. The van der Waals surface area contributed by atoms with Gasteiger partial charge in [0.2, 0.25) is 5.91 Å². The minimum Gasteiger partial charge on any atom is -0.391 e. The van der Waals surface area contributed by atoms with Crippen LogP contribution in [0.5, 0.6) is 0 Å². The molecule has 1 N–H and O–H groups in total. The molecule has 0 radical (unpaired) electrons. The van der Waals surface area contributed by atoms with Crippen LogP contribution in [-0.2, 0) is 4.79 Å². The van der Waals surface area contributed by atoms with Crippen LogP contribution >= 0.6 is 11.8 Å². The highest BCUT2D eigenvalue weighted by Crippen LogP contribution is 2.22. The summed E-state index contributed by atoms with van der Waals surface area (Å²) in [6.07, 6.45) is 0.941. The van der Waals surface area contributed by atoms with Gasteiger partial charge in [0.15, 0.2) is 0 Å². The van der Waals surface area contributed by atoms with Crippen molar-refractivity contribution in [3.05, 3.63) is 29.3 Å². The number of carbonyl (C=O) groups is 1. The fourth-order valence-electron chi connectivity index (χ4n) is 2.19. The van der Waals surface area contributed by atoms with Gasteiger partial charge >= 0.3 is 0 Å². The molecule has 1 aliphatic rings. The third-order valence-electron chi connectivity index (χ3n) is 3.58. The van der Waals surface area contributed by atoms with Crippen LogP contribution < -0.4 is 0 Å². The lowest BCUT2D eigenvalue weighted by Crippen LogP contribution is -2.29. The Kier molecular flexibility index (Phi) is 4.88. The molecule has 1 heterocycles. The SMILES string of the molecule is Cc1ccc(SCCC(=O)N2CC[C@@H](O)C2)cc1C. The van der Waals surface area contributed by atoms with Gasteiger partial charge in [-0.25, -0.2) is 0 Å². The predicted molar refractivity (Wildman–Crippen MR) is 78.5 cm³/mol. The number of thioether (sulfide) groups is 1. The largest absolute Gasteiger partial charge is 0.391 e. The second-order valence-corrected chi connectivity index (χ2v) is 6.30. The van der Waals surface area contributed by atoms with Crippen molar-refractivity contribution in [3.8, 4) is 0 Å². The van der Waals surface area contributed by atoms with Crippen molar-refractivity contribution in [1.82, 2.24) is 4.90 Å². The van der Waals surface area contributed by atoms with E-state index in [4.69, 9.17) is 0 Å². The van der Waals surface area contributed by atoms with Crippen LogP contribution in [0.15, 0.2) is 23.1 Å². The van der Waals surface area contributed by atoms with Gasteiger partial charge in [-0.1, -0.05) is 6.07 Å². The highest BCUT2D eigenvalue weighted by molar-refractivity contribution is 7.99. The number of rotatable bonds is 4. The molecule has 1 atom stereocenters. The van der Waals surface area contributed by atoms with E-state index in [1.165, 1.54) is 16.0 Å². The zero-order valence-electron chi connectivity index (χ0n) is 11.6. The van der Waals surface area contributed by atoms with Crippen LogP contribution in [0.4, 0.5) is 0 Å².